The number of halogens is 1. The van der Waals surface area contributed by atoms with Gasteiger partial charge in [-0.25, -0.2) is 0 Å². The van der Waals surface area contributed by atoms with Crippen molar-refractivity contribution in [1.29, 1.82) is 0 Å². The zero-order valence-electron chi connectivity index (χ0n) is 10.7. The molecular weight excluding hydrogens is 288 g/mol. The maximum Gasteiger partial charge on any atom is 0.0592 e. The molecule has 0 bridgehead atoms. The van der Waals surface area contributed by atoms with E-state index in [1.807, 2.05) is 12.4 Å². The lowest BCUT2D eigenvalue weighted by molar-refractivity contribution is 0.628. The predicted molar refractivity (Wildman–Crippen MR) is 78.6 cm³/mol. The van der Waals surface area contributed by atoms with E-state index in [0.29, 0.717) is 0 Å². The number of hydrogen-bond donors (Lipinski definition) is 1. The molecule has 1 heterocycles. The Hall–Kier alpha value is -1.19. The van der Waals surface area contributed by atoms with E-state index in [1.54, 1.807) is 0 Å². The van der Waals surface area contributed by atoms with Crippen LogP contribution in [0.15, 0.2) is 47.2 Å². The van der Waals surface area contributed by atoms with Gasteiger partial charge in [0.25, 0.3) is 0 Å². The van der Waals surface area contributed by atoms with Crippen LogP contribution in [0.25, 0.3) is 0 Å². The van der Waals surface area contributed by atoms with Crippen LogP contribution in [0.4, 0.5) is 0 Å². The first-order chi connectivity index (χ1) is 8.70. The molecule has 0 saturated heterocycles. The SMILES string of the molecule is CCNC(c1ccc(C)cc1)c1cncc(Br)c1. The second-order valence-corrected chi connectivity index (χ2v) is 5.25. The summed E-state index contributed by atoms with van der Waals surface area (Å²) in [4.78, 5) is 4.24. The van der Waals surface area contributed by atoms with Gasteiger partial charge in [0, 0.05) is 16.9 Å². The fourth-order valence-corrected chi connectivity index (χ4v) is 2.36. The number of aryl methyl sites for hydroxylation is 1. The molecule has 94 valence electrons. The Morgan fingerprint density at radius 3 is 2.50 bits per heavy atom. The van der Waals surface area contributed by atoms with Crippen molar-refractivity contribution in [2.45, 2.75) is 19.9 Å². The van der Waals surface area contributed by atoms with Crippen molar-refractivity contribution in [3.63, 3.8) is 0 Å². The summed E-state index contributed by atoms with van der Waals surface area (Å²) in [6.07, 6.45) is 3.72. The molecule has 1 aromatic heterocycles. The van der Waals surface area contributed by atoms with Gasteiger partial charge in [0.15, 0.2) is 0 Å². The van der Waals surface area contributed by atoms with Crippen molar-refractivity contribution < 1.29 is 0 Å². The maximum absolute atomic E-state index is 4.24. The summed E-state index contributed by atoms with van der Waals surface area (Å²) in [5.41, 5.74) is 3.72. The van der Waals surface area contributed by atoms with Crippen molar-refractivity contribution >= 4 is 15.9 Å². The van der Waals surface area contributed by atoms with E-state index in [9.17, 15) is 0 Å². The Balaban J connectivity index is 2.36. The first-order valence-electron chi connectivity index (χ1n) is 6.11. The minimum Gasteiger partial charge on any atom is -0.306 e. The van der Waals surface area contributed by atoms with Crippen molar-refractivity contribution in [2.75, 3.05) is 6.54 Å². The smallest absolute Gasteiger partial charge is 0.0592 e. The van der Waals surface area contributed by atoms with E-state index in [0.717, 1.165) is 11.0 Å². The molecule has 2 aromatic rings. The maximum atomic E-state index is 4.24. The van der Waals surface area contributed by atoms with Gasteiger partial charge in [-0.3, -0.25) is 4.98 Å². The predicted octanol–water partition coefficient (Wildman–Crippen LogP) is 3.85. The topological polar surface area (TPSA) is 24.9 Å². The average molecular weight is 305 g/mol. The van der Waals surface area contributed by atoms with Gasteiger partial charge in [0.2, 0.25) is 0 Å². The molecule has 1 unspecified atom stereocenters. The van der Waals surface area contributed by atoms with Gasteiger partial charge in [-0.1, -0.05) is 36.8 Å². The van der Waals surface area contributed by atoms with E-state index in [4.69, 9.17) is 0 Å². The van der Waals surface area contributed by atoms with Crippen molar-refractivity contribution in [3.05, 3.63) is 63.9 Å². The van der Waals surface area contributed by atoms with Crippen LogP contribution in [0, 0.1) is 6.92 Å². The van der Waals surface area contributed by atoms with E-state index < -0.39 is 0 Å². The highest BCUT2D eigenvalue weighted by Gasteiger charge is 2.13. The second kappa shape index (κ2) is 6.12. The summed E-state index contributed by atoms with van der Waals surface area (Å²) in [7, 11) is 0. The molecule has 18 heavy (non-hydrogen) atoms. The van der Waals surface area contributed by atoms with Crippen molar-refractivity contribution in [1.82, 2.24) is 10.3 Å². The number of pyridine rings is 1. The Bertz CT molecular complexity index is 508. The second-order valence-electron chi connectivity index (χ2n) is 4.34. The third-order valence-electron chi connectivity index (χ3n) is 2.88. The van der Waals surface area contributed by atoms with Crippen molar-refractivity contribution in [2.24, 2.45) is 0 Å². The summed E-state index contributed by atoms with van der Waals surface area (Å²) in [6, 6.07) is 10.9. The summed E-state index contributed by atoms with van der Waals surface area (Å²) >= 11 is 3.48. The number of nitrogens with one attached hydrogen (secondary N) is 1. The Kier molecular flexibility index (Phi) is 4.50. The highest BCUT2D eigenvalue weighted by atomic mass is 79.9. The van der Waals surface area contributed by atoms with Crippen LogP contribution < -0.4 is 5.32 Å². The van der Waals surface area contributed by atoms with E-state index in [2.05, 4.69) is 70.4 Å². The quantitative estimate of drug-likeness (QED) is 0.928. The Morgan fingerprint density at radius 2 is 1.89 bits per heavy atom. The highest BCUT2D eigenvalue weighted by Crippen LogP contribution is 2.23. The van der Waals surface area contributed by atoms with E-state index in [-0.39, 0.29) is 6.04 Å². The first kappa shape index (κ1) is 13.2. The van der Waals surface area contributed by atoms with Crippen LogP contribution >= 0.6 is 15.9 Å². The van der Waals surface area contributed by atoms with Gasteiger partial charge >= 0.3 is 0 Å². The number of hydrogen-bond acceptors (Lipinski definition) is 2. The highest BCUT2D eigenvalue weighted by molar-refractivity contribution is 9.10. The molecule has 0 radical (unpaired) electrons. The molecule has 0 aliphatic heterocycles. The van der Waals surface area contributed by atoms with Crippen LogP contribution in [0.1, 0.15) is 29.7 Å². The van der Waals surface area contributed by atoms with Gasteiger partial charge in [-0.05, 0) is 46.6 Å². The van der Waals surface area contributed by atoms with Crippen LogP contribution in [-0.4, -0.2) is 11.5 Å². The lowest BCUT2D eigenvalue weighted by Crippen LogP contribution is -2.22. The third kappa shape index (κ3) is 3.18. The zero-order valence-corrected chi connectivity index (χ0v) is 12.2. The molecule has 1 N–H and O–H groups in total. The lowest BCUT2D eigenvalue weighted by Gasteiger charge is -2.19. The Labute approximate surface area is 117 Å². The molecule has 0 spiro atoms. The number of aromatic nitrogens is 1. The molecule has 0 amide bonds. The normalized spacial score (nSPS) is 12.4. The van der Waals surface area contributed by atoms with Gasteiger partial charge in [0.05, 0.1) is 6.04 Å². The molecule has 1 atom stereocenters. The van der Waals surface area contributed by atoms with Gasteiger partial charge in [0.1, 0.15) is 0 Å². The minimum absolute atomic E-state index is 0.195. The zero-order chi connectivity index (χ0) is 13.0. The monoisotopic (exact) mass is 304 g/mol. The number of nitrogens with zero attached hydrogens (tertiary/aromatic N) is 1. The Morgan fingerprint density at radius 1 is 1.17 bits per heavy atom. The fourth-order valence-electron chi connectivity index (χ4n) is 1.98. The molecule has 3 heteroatoms. The summed E-state index contributed by atoms with van der Waals surface area (Å²) in [5, 5.41) is 3.50. The lowest BCUT2D eigenvalue weighted by atomic mass is 9.99. The molecule has 2 nitrogen and oxygen atoms in total. The fraction of sp³-hybridized carbons (Fsp3) is 0.267. The standard InChI is InChI=1S/C15H17BrN2/c1-3-18-15(12-6-4-11(2)5-7-12)13-8-14(16)10-17-9-13/h4-10,15,18H,3H2,1-2H3. The minimum atomic E-state index is 0.195. The van der Waals surface area contributed by atoms with E-state index >= 15 is 0 Å². The first-order valence-corrected chi connectivity index (χ1v) is 6.90. The molecule has 1 aromatic carbocycles. The van der Waals surface area contributed by atoms with Crippen LogP contribution in [0.5, 0.6) is 0 Å². The van der Waals surface area contributed by atoms with Crippen LogP contribution in [0.3, 0.4) is 0 Å². The van der Waals surface area contributed by atoms with Gasteiger partial charge in [-0.15, -0.1) is 0 Å². The number of rotatable bonds is 4. The van der Waals surface area contributed by atoms with E-state index in [1.165, 1.54) is 16.7 Å². The molecule has 0 fully saturated rings. The molecule has 2 rings (SSSR count). The number of benzene rings is 1. The summed E-state index contributed by atoms with van der Waals surface area (Å²) < 4.78 is 1.01. The van der Waals surface area contributed by atoms with Gasteiger partial charge < -0.3 is 5.32 Å². The largest absolute Gasteiger partial charge is 0.306 e. The molecule has 0 aliphatic rings. The van der Waals surface area contributed by atoms with Crippen LogP contribution in [-0.2, 0) is 0 Å². The molecule has 0 saturated carbocycles. The third-order valence-corrected chi connectivity index (χ3v) is 3.31. The summed E-state index contributed by atoms with van der Waals surface area (Å²) in [5.74, 6) is 0. The summed E-state index contributed by atoms with van der Waals surface area (Å²) in [6.45, 7) is 5.14. The van der Waals surface area contributed by atoms with Gasteiger partial charge in [-0.2, -0.15) is 0 Å². The molecular formula is C15H17BrN2. The molecule has 0 aliphatic carbocycles. The van der Waals surface area contributed by atoms with Crippen LogP contribution in [0.2, 0.25) is 0 Å². The average Bonchev–Trinajstić information content (AvgIpc) is 2.37. The van der Waals surface area contributed by atoms with Crippen molar-refractivity contribution in [3.8, 4) is 0 Å².